The van der Waals surface area contributed by atoms with Gasteiger partial charge in [0.05, 0.1) is 12.3 Å². The Morgan fingerprint density at radius 2 is 2.12 bits per heavy atom. The van der Waals surface area contributed by atoms with Gasteiger partial charge in [0.1, 0.15) is 5.75 Å². The number of aryl methyl sites for hydroxylation is 1. The molecule has 9 heteroatoms. The van der Waals surface area contributed by atoms with E-state index in [1.807, 2.05) is 12.1 Å². The van der Waals surface area contributed by atoms with Crippen molar-refractivity contribution in [3.8, 4) is 5.75 Å². The number of ether oxygens (including phenoxy) is 1. The summed E-state index contributed by atoms with van der Waals surface area (Å²) in [6, 6.07) is 11.0. The van der Waals surface area contributed by atoms with Crippen molar-refractivity contribution in [1.82, 2.24) is 0 Å². The maximum Gasteiger partial charge on any atom is 0.303 e. The molecule has 0 saturated heterocycles. The van der Waals surface area contributed by atoms with Crippen LogP contribution in [0.5, 0.6) is 5.75 Å². The molecule has 2 aromatic carbocycles. The van der Waals surface area contributed by atoms with E-state index in [1.165, 1.54) is 11.1 Å². The summed E-state index contributed by atoms with van der Waals surface area (Å²) in [5.74, 6) is -1.23. The number of carbonyl (C=O) groups is 2. The molecule has 1 heterocycles. The Hall–Kier alpha value is -2.58. The standard InChI is InChI=1S/C24H26ClN2O5S/c1-15(9-22(28)29)12-33(31)27-23(30)17-4-7-21-20(11-17)26-13-24(14-32-21)8-2-3-16-10-18(25)5-6-19(16)24/h4-7,10-11,15,26H,2-3,8-9,12-14H2,1H3,(H,28,29)/q-1/t15-,24-/m0/s1. The van der Waals surface area contributed by atoms with Crippen molar-refractivity contribution in [1.29, 1.82) is 0 Å². The van der Waals surface area contributed by atoms with E-state index in [1.54, 1.807) is 25.1 Å². The van der Waals surface area contributed by atoms with Crippen LogP contribution in [0.4, 0.5) is 5.69 Å². The van der Waals surface area contributed by atoms with Crippen molar-refractivity contribution in [2.75, 3.05) is 24.2 Å². The van der Waals surface area contributed by atoms with Crippen molar-refractivity contribution in [2.45, 2.75) is 38.0 Å². The van der Waals surface area contributed by atoms with E-state index >= 15 is 0 Å². The molecule has 1 aliphatic carbocycles. The fourth-order valence-electron chi connectivity index (χ4n) is 4.61. The molecule has 2 N–H and O–H groups in total. The smallest absolute Gasteiger partial charge is 0.303 e. The number of rotatable bonds is 5. The van der Waals surface area contributed by atoms with Crippen molar-refractivity contribution in [2.24, 2.45) is 10.3 Å². The molecule has 1 amide bonds. The number of fused-ring (bicyclic) bond motifs is 3. The Morgan fingerprint density at radius 1 is 1.30 bits per heavy atom. The van der Waals surface area contributed by atoms with Gasteiger partial charge < -0.3 is 23.7 Å². The third kappa shape index (κ3) is 5.33. The maximum atomic E-state index is 12.6. The van der Waals surface area contributed by atoms with Crippen molar-refractivity contribution in [3.63, 3.8) is 0 Å². The first kappa shape index (κ1) is 23.6. The van der Waals surface area contributed by atoms with Gasteiger partial charge in [-0.05, 0) is 66.6 Å². The number of nitrogens with zero attached hydrogens (tertiary/aromatic N) is 1. The lowest BCUT2D eigenvalue weighted by atomic mass is 9.70. The van der Waals surface area contributed by atoms with E-state index < -0.39 is 22.5 Å². The highest BCUT2D eigenvalue weighted by Gasteiger charge is 2.39. The van der Waals surface area contributed by atoms with Crippen LogP contribution >= 0.6 is 11.6 Å². The van der Waals surface area contributed by atoms with Crippen LogP contribution in [-0.2, 0) is 31.4 Å². The van der Waals surface area contributed by atoms with Gasteiger partial charge in [0, 0.05) is 29.0 Å². The number of carboxylic acids is 1. The number of nitrogens with one attached hydrogen (secondary N) is 1. The summed E-state index contributed by atoms with van der Waals surface area (Å²) >= 11 is 6.21. The third-order valence-corrected chi connectivity index (χ3v) is 7.68. The summed E-state index contributed by atoms with van der Waals surface area (Å²) in [4.78, 5) is 23.3. The number of carbonyl (C=O) groups excluding carboxylic acids is 1. The van der Waals surface area contributed by atoms with E-state index in [0.717, 1.165) is 24.3 Å². The van der Waals surface area contributed by atoms with Crippen molar-refractivity contribution >= 4 is 39.8 Å². The van der Waals surface area contributed by atoms with E-state index in [0.29, 0.717) is 30.2 Å². The molecule has 0 aromatic heterocycles. The van der Waals surface area contributed by atoms with Crippen molar-refractivity contribution < 1.29 is 23.6 Å². The van der Waals surface area contributed by atoms with Crippen LogP contribution in [-0.4, -0.2) is 35.9 Å². The maximum absolute atomic E-state index is 12.6. The lowest BCUT2D eigenvalue weighted by molar-refractivity contribution is -0.137. The average molecular weight is 490 g/mol. The number of hydrogen-bond donors (Lipinski definition) is 2. The summed E-state index contributed by atoms with van der Waals surface area (Å²) in [5, 5.41) is 13.0. The molecule has 176 valence electrons. The second kappa shape index (κ2) is 9.73. The minimum atomic E-state index is -1.79. The summed E-state index contributed by atoms with van der Waals surface area (Å²) in [7, 11) is -1.79. The van der Waals surface area contributed by atoms with Crippen molar-refractivity contribution in [3.05, 3.63) is 58.1 Å². The Labute approximate surface area is 199 Å². The van der Waals surface area contributed by atoms with Gasteiger partial charge in [-0.15, -0.1) is 0 Å². The quantitative estimate of drug-likeness (QED) is 0.583. The van der Waals surface area contributed by atoms with Gasteiger partial charge >= 0.3 is 5.97 Å². The molecule has 0 bridgehead atoms. The van der Waals surface area contributed by atoms with Gasteiger partial charge in [0.2, 0.25) is 0 Å². The molecule has 2 aliphatic rings. The van der Waals surface area contributed by atoms with Crippen LogP contribution in [0.15, 0.2) is 40.8 Å². The van der Waals surface area contributed by atoms with Crippen LogP contribution in [0, 0.1) is 5.92 Å². The number of anilines is 1. The molecule has 1 spiro atoms. The first-order chi connectivity index (χ1) is 15.8. The Kier molecular flexibility index (Phi) is 6.95. The van der Waals surface area contributed by atoms with Gasteiger partial charge in [-0.3, -0.25) is 9.59 Å². The number of carboxylic acid groups (broad SMARTS) is 1. The highest BCUT2D eigenvalue weighted by atomic mass is 35.5. The second-order valence-electron chi connectivity index (χ2n) is 8.88. The molecule has 0 fully saturated rings. The van der Waals surface area contributed by atoms with E-state index in [4.69, 9.17) is 21.4 Å². The van der Waals surface area contributed by atoms with E-state index in [9.17, 15) is 13.8 Å². The summed E-state index contributed by atoms with van der Waals surface area (Å²) < 4.78 is 22.1. The van der Waals surface area contributed by atoms with Crippen LogP contribution in [0.1, 0.15) is 47.7 Å². The van der Waals surface area contributed by atoms with E-state index in [2.05, 4.69) is 15.7 Å². The Balaban J connectivity index is 1.51. The molecule has 33 heavy (non-hydrogen) atoms. The zero-order chi connectivity index (χ0) is 23.6. The summed E-state index contributed by atoms with van der Waals surface area (Å²) in [6.07, 6.45) is 2.90. The topological polar surface area (TPSA) is 105 Å². The highest BCUT2D eigenvalue weighted by Crippen LogP contribution is 2.42. The molecular weight excluding hydrogens is 464 g/mol. The van der Waals surface area contributed by atoms with Gasteiger partial charge in [0.25, 0.3) is 5.91 Å². The predicted octanol–water partition coefficient (Wildman–Crippen LogP) is 4.82. The summed E-state index contributed by atoms with van der Waals surface area (Å²) in [6.45, 7) is 2.84. The molecule has 0 saturated carbocycles. The fraction of sp³-hybridized carbons (Fsp3) is 0.417. The van der Waals surface area contributed by atoms with E-state index in [-0.39, 0.29) is 23.5 Å². The fourth-order valence-corrected chi connectivity index (χ4v) is 5.78. The molecule has 2 atom stereocenters. The Bertz CT molecular complexity index is 1180. The molecule has 2 aromatic rings. The van der Waals surface area contributed by atoms with Crippen LogP contribution in [0.25, 0.3) is 0 Å². The zero-order valence-corrected chi connectivity index (χ0v) is 19.9. The minimum absolute atomic E-state index is 0.0241. The molecule has 0 unspecified atom stereocenters. The largest absolute Gasteiger partial charge is 0.490 e. The lowest BCUT2D eigenvalue weighted by Gasteiger charge is -2.37. The summed E-state index contributed by atoms with van der Waals surface area (Å²) in [5.41, 5.74) is 3.30. The molecule has 7 nitrogen and oxygen atoms in total. The number of amides is 1. The molecule has 0 radical (unpaired) electrons. The lowest BCUT2D eigenvalue weighted by Crippen LogP contribution is -2.41. The molecular formula is C24H26ClN2O5S-. The van der Waals surface area contributed by atoms with Crippen LogP contribution < -0.4 is 10.1 Å². The highest BCUT2D eigenvalue weighted by molar-refractivity contribution is 7.75. The first-order valence-corrected chi connectivity index (χ1v) is 12.6. The van der Waals surface area contributed by atoms with Gasteiger partial charge in [-0.1, -0.05) is 30.3 Å². The van der Waals surface area contributed by atoms with Gasteiger partial charge in [-0.2, -0.15) is 10.6 Å². The number of halogens is 1. The monoisotopic (exact) mass is 489 g/mol. The predicted molar refractivity (Wildman–Crippen MR) is 128 cm³/mol. The zero-order valence-electron chi connectivity index (χ0n) is 18.3. The Morgan fingerprint density at radius 3 is 2.91 bits per heavy atom. The van der Waals surface area contributed by atoms with Gasteiger partial charge in [0.15, 0.2) is 0 Å². The number of hydrogen-bond acceptors (Lipinski definition) is 6. The average Bonchev–Trinajstić information content (AvgIpc) is 2.93. The van der Waals surface area contributed by atoms with Crippen LogP contribution in [0.3, 0.4) is 0 Å². The van der Waals surface area contributed by atoms with Gasteiger partial charge in [-0.25, -0.2) is 0 Å². The number of benzene rings is 2. The third-order valence-electron chi connectivity index (χ3n) is 6.22. The normalized spacial score (nSPS) is 21.2. The second-order valence-corrected chi connectivity index (χ2v) is 10.5. The number of aliphatic carboxylic acids is 1. The first-order valence-electron chi connectivity index (χ1n) is 10.9. The minimum Gasteiger partial charge on any atom is -0.490 e. The molecule has 4 rings (SSSR count). The molecule has 1 aliphatic heterocycles. The van der Waals surface area contributed by atoms with Crippen LogP contribution in [0.2, 0.25) is 5.02 Å². The SMILES string of the molecule is C[C@@H](CC(=O)O)C[S-](=O)=NC(=O)c1ccc2c(c1)NC[C@@]1(CCCc3cc(Cl)ccc31)CO2.